The molecule has 24 heavy (non-hydrogen) atoms. The van der Waals surface area contributed by atoms with Crippen LogP contribution >= 0.6 is 0 Å². The van der Waals surface area contributed by atoms with Crippen LogP contribution in [0, 0.1) is 5.41 Å². The maximum absolute atomic E-state index is 12.7. The van der Waals surface area contributed by atoms with Gasteiger partial charge in [-0.25, -0.2) is 4.79 Å². The lowest BCUT2D eigenvalue weighted by Gasteiger charge is -2.28. The van der Waals surface area contributed by atoms with E-state index in [4.69, 9.17) is 4.74 Å². The van der Waals surface area contributed by atoms with E-state index in [2.05, 4.69) is 48.4 Å². The molecular formula is C19H27N3O2. The molecule has 5 nitrogen and oxygen atoms in total. The number of H-pyrrole nitrogens is 1. The first kappa shape index (κ1) is 16.8. The van der Waals surface area contributed by atoms with Crippen LogP contribution in [0.4, 0.5) is 4.79 Å². The highest BCUT2D eigenvalue weighted by atomic mass is 16.5. The Labute approximate surface area is 143 Å². The molecule has 2 amide bonds. The second kappa shape index (κ2) is 6.85. The van der Waals surface area contributed by atoms with Crippen molar-refractivity contribution < 1.29 is 9.53 Å². The van der Waals surface area contributed by atoms with Crippen molar-refractivity contribution in [2.24, 2.45) is 5.41 Å². The number of nitrogens with zero attached hydrogens (tertiary/aromatic N) is 1. The van der Waals surface area contributed by atoms with Gasteiger partial charge in [0, 0.05) is 43.4 Å². The number of hydrogen-bond donors (Lipinski definition) is 2. The predicted octanol–water partition coefficient (Wildman–Crippen LogP) is 3.51. The van der Waals surface area contributed by atoms with Crippen LogP contribution in [-0.4, -0.2) is 42.2 Å². The molecule has 1 heterocycles. The molecule has 0 atom stereocenters. The van der Waals surface area contributed by atoms with E-state index in [0.29, 0.717) is 25.7 Å². The molecule has 0 aliphatic heterocycles. The molecule has 1 aliphatic carbocycles. The van der Waals surface area contributed by atoms with Crippen LogP contribution in [-0.2, 0) is 11.3 Å². The standard InChI is InChI=1S/C19H27N3O2/c1-19(2,13-24-3)12-21-18(23)22(16-5-6-16)11-14-4-7-17-15(10-14)8-9-20-17/h4,7-10,16,20H,5-6,11-13H2,1-3H3,(H,21,23). The summed E-state index contributed by atoms with van der Waals surface area (Å²) < 4.78 is 5.22. The van der Waals surface area contributed by atoms with E-state index in [1.165, 1.54) is 10.9 Å². The first-order valence-electron chi connectivity index (χ1n) is 8.58. The van der Waals surface area contributed by atoms with Gasteiger partial charge >= 0.3 is 6.03 Å². The largest absolute Gasteiger partial charge is 0.384 e. The number of ether oxygens (including phenoxy) is 1. The van der Waals surface area contributed by atoms with Gasteiger partial charge in [0.2, 0.25) is 0 Å². The summed E-state index contributed by atoms with van der Waals surface area (Å²) in [5.74, 6) is 0. The van der Waals surface area contributed by atoms with Crippen molar-refractivity contribution in [3.63, 3.8) is 0 Å². The monoisotopic (exact) mass is 329 g/mol. The molecule has 0 spiro atoms. The molecule has 130 valence electrons. The van der Waals surface area contributed by atoms with Gasteiger partial charge in [-0.3, -0.25) is 0 Å². The number of nitrogens with one attached hydrogen (secondary N) is 2. The molecule has 1 saturated carbocycles. The Morgan fingerprint density at radius 2 is 2.17 bits per heavy atom. The van der Waals surface area contributed by atoms with Gasteiger partial charge in [0.1, 0.15) is 0 Å². The van der Waals surface area contributed by atoms with Crippen LogP contribution in [0.25, 0.3) is 10.9 Å². The Morgan fingerprint density at radius 3 is 2.88 bits per heavy atom. The van der Waals surface area contributed by atoms with E-state index in [1.54, 1.807) is 7.11 Å². The average Bonchev–Trinajstić information content (AvgIpc) is 3.27. The molecule has 0 radical (unpaired) electrons. The summed E-state index contributed by atoms with van der Waals surface area (Å²) in [6.45, 7) is 6.08. The number of fused-ring (bicyclic) bond motifs is 1. The van der Waals surface area contributed by atoms with Crippen molar-refractivity contribution >= 4 is 16.9 Å². The molecule has 1 aromatic carbocycles. The summed E-state index contributed by atoms with van der Waals surface area (Å²) in [7, 11) is 1.69. The Bertz CT molecular complexity index is 703. The van der Waals surface area contributed by atoms with Crippen molar-refractivity contribution in [1.29, 1.82) is 0 Å². The van der Waals surface area contributed by atoms with Crippen LogP contribution in [0.15, 0.2) is 30.5 Å². The van der Waals surface area contributed by atoms with Gasteiger partial charge in [0.25, 0.3) is 0 Å². The Hall–Kier alpha value is -2.01. The third-order valence-electron chi connectivity index (χ3n) is 4.47. The van der Waals surface area contributed by atoms with Crippen molar-refractivity contribution in [3.8, 4) is 0 Å². The zero-order valence-electron chi connectivity index (χ0n) is 14.8. The van der Waals surface area contributed by atoms with Gasteiger partial charge in [-0.2, -0.15) is 0 Å². The molecule has 1 aliphatic rings. The summed E-state index contributed by atoms with van der Waals surface area (Å²) in [6, 6.07) is 8.79. The average molecular weight is 329 g/mol. The number of methoxy groups -OCH3 is 1. The predicted molar refractivity (Wildman–Crippen MR) is 95.9 cm³/mol. The van der Waals surface area contributed by atoms with Gasteiger partial charge in [-0.15, -0.1) is 0 Å². The zero-order chi connectivity index (χ0) is 17.2. The normalized spacial score (nSPS) is 14.8. The van der Waals surface area contributed by atoms with Gasteiger partial charge < -0.3 is 19.9 Å². The number of carbonyl (C=O) groups is 1. The molecular weight excluding hydrogens is 302 g/mol. The summed E-state index contributed by atoms with van der Waals surface area (Å²) in [6.07, 6.45) is 4.14. The highest BCUT2D eigenvalue weighted by molar-refractivity contribution is 5.80. The van der Waals surface area contributed by atoms with Crippen molar-refractivity contribution in [3.05, 3.63) is 36.0 Å². The van der Waals surface area contributed by atoms with Crippen molar-refractivity contribution in [2.75, 3.05) is 20.3 Å². The lowest BCUT2D eigenvalue weighted by molar-refractivity contribution is 0.102. The minimum Gasteiger partial charge on any atom is -0.384 e. The summed E-state index contributed by atoms with van der Waals surface area (Å²) in [4.78, 5) is 17.8. The first-order chi connectivity index (χ1) is 11.5. The molecule has 0 saturated heterocycles. The summed E-state index contributed by atoms with van der Waals surface area (Å²) >= 11 is 0. The zero-order valence-corrected chi connectivity index (χ0v) is 14.8. The van der Waals surface area contributed by atoms with E-state index in [1.807, 2.05) is 11.1 Å². The van der Waals surface area contributed by atoms with E-state index in [-0.39, 0.29) is 11.4 Å². The molecule has 2 N–H and O–H groups in total. The van der Waals surface area contributed by atoms with Crippen LogP contribution < -0.4 is 5.32 Å². The third kappa shape index (κ3) is 4.09. The number of hydrogen-bond acceptors (Lipinski definition) is 2. The van der Waals surface area contributed by atoms with E-state index >= 15 is 0 Å². The number of carbonyl (C=O) groups excluding carboxylic acids is 1. The Morgan fingerprint density at radius 1 is 1.38 bits per heavy atom. The Balaban J connectivity index is 1.64. The SMILES string of the molecule is COCC(C)(C)CNC(=O)N(Cc1ccc2[nH]ccc2c1)C1CC1. The van der Waals surface area contributed by atoms with E-state index < -0.39 is 0 Å². The third-order valence-corrected chi connectivity index (χ3v) is 4.47. The molecule has 0 unspecified atom stereocenters. The smallest absolute Gasteiger partial charge is 0.317 e. The van der Waals surface area contributed by atoms with Gasteiger partial charge in [0.15, 0.2) is 0 Å². The fourth-order valence-electron chi connectivity index (χ4n) is 3.01. The van der Waals surface area contributed by atoms with Gasteiger partial charge in [-0.1, -0.05) is 19.9 Å². The highest BCUT2D eigenvalue weighted by Gasteiger charge is 2.33. The minimum atomic E-state index is -0.0658. The van der Waals surface area contributed by atoms with E-state index in [9.17, 15) is 4.79 Å². The Kier molecular flexibility index (Phi) is 4.81. The van der Waals surface area contributed by atoms with Crippen LogP contribution in [0.1, 0.15) is 32.3 Å². The molecule has 3 rings (SSSR count). The molecule has 0 bridgehead atoms. The molecule has 1 aromatic heterocycles. The number of benzene rings is 1. The number of aromatic nitrogens is 1. The second-order valence-corrected chi connectivity index (χ2v) is 7.51. The topological polar surface area (TPSA) is 57.4 Å². The minimum absolute atomic E-state index is 0.0239. The fourth-order valence-corrected chi connectivity index (χ4v) is 3.01. The maximum Gasteiger partial charge on any atom is 0.317 e. The number of aromatic amines is 1. The van der Waals surface area contributed by atoms with Gasteiger partial charge in [0.05, 0.1) is 6.61 Å². The quantitative estimate of drug-likeness (QED) is 0.816. The first-order valence-corrected chi connectivity index (χ1v) is 8.58. The fraction of sp³-hybridized carbons (Fsp3) is 0.526. The van der Waals surface area contributed by atoms with Gasteiger partial charge in [-0.05, 0) is 42.0 Å². The highest BCUT2D eigenvalue weighted by Crippen LogP contribution is 2.29. The maximum atomic E-state index is 12.7. The van der Waals surface area contributed by atoms with Crippen LogP contribution in [0.5, 0.6) is 0 Å². The molecule has 2 aromatic rings. The lowest BCUT2D eigenvalue weighted by Crippen LogP contribution is -2.45. The molecule has 5 heteroatoms. The molecule has 1 fully saturated rings. The number of amides is 2. The number of rotatable bonds is 7. The summed E-state index contributed by atoms with van der Waals surface area (Å²) in [5.41, 5.74) is 2.23. The van der Waals surface area contributed by atoms with Crippen LogP contribution in [0.2, 0.25) is 0 Å². The second-order valence-electron chi connectivity index (χ2n) is 7.51. The summed E-state index contributed by atoms with van der Waals surface area (Å²) in [5, 5.41) is 4.27. The van der Waals surface area contributed by atoms with Crippen LogP contribution in [0.3, 0.4) is 0 Å². The lowest BCUT2D eigenvalue weighted by atomic mass is 9.95. The van der Waals surface area contributed by atoms with Crippen molar-refractivity contribution in [2.45, 2.75) is 39.3 Å². The van der Waals surface area contributed by atoms with Crippen molar-refractivity contribution in [1.82, 2.24) is 15.2 Å². The number of urea groups is 1. The van der Waals surface area contributed by atoms with E-state index in [0.717, 1.165) is 18.4 Å².